The predicted octanol–water partition coefficient (Wildman–Crippen LogP) is 4.19. The maximum atomic E-state index is 6.06. The Balaban J connectivity index is 2.48. The van der Waals surface area contributed by atoms with Crippen LogP contribution >= 0.6 is 23.2 Å². The highest BCUT2D eigenvalue weighted by Crippen LogP contribution is 2.28. The number of aromatic nitrogens is 3. The predicted molar refractivity (Wildman–Crippen MR) is 70.9 cm³/mol. The summed E-state index contributed by atoms with van der Waals surface area (Å²) in [6.45, 7) is 6.58. The minimum Gasteiger partial charge on any atom is -0.216 e. The van der Waals surface area contributed by atoms with E-state index in [1.807, 2.05) is 6.20 Å². The summed E-state index contributed by atoms with van der Waals surface area (Å²) in [4.78, 5) is 4.31. The van der Waals surface area contributed by atoms with Gasteiger partial charge < -0.3 is 0 Å². The monoisotopic (exact) mass is 271 g/mol. The van der Waals surface area contributed by atoms with Gasteiger partial charge in [0.1, 0.15) is 10.3 Å². The average molecular weight is 272 g/mol. The molecule has 1 atom stereocenters. The number of fused-ring (bicyclic) bond motifs is 1. The Morgan fingerprint density at radius 1 is 1.29 bits per heavy atom. The molecule has 0 aromatic carbocycles. The Kier molecular flexibility index (Phi) is 3.59. The third kappa shape index (κ3) is 2.55. The van der Waals surface area contributed by atoms with Crippen LogP contribution < -0.4 is 0 Å². The fourth-order valence-electron chi connectivity index (χ4n) is 2.10. The van der Waals surface area contributed by atoms with Gasteiger partial charge in [-0.05, 0) is 18.3 Å². The third-order valence-electron chi connectivity index (χ3n) is 2.78. The Labute approximate surface area is 111 Å². The molecule has 3 nitrogen and oxygen atoms in total. The minimum atomic E-state index is 0.398. The zero-order valence-electron chi connectivity index (χ0n) is 10.1. The van der Waals surface area contributed by atoms with E-state index in [1.165, 1.54) is 0 Å². The second-order valence-corrected chi connectivity index (χ2v) is 5.54. The van der Waals surface area contributed by atoms with Gasteiger partial charge in [0, 0.05) is 11.6 Å². The fourth-order valence-corrected chi connectivity index (χ4v) is 2.56. The van der Waals surface area contributed by atoms with Crippen LogP contribution in [0.3, 0.4) is 0 Å². The first kappa shape index (κ1) is 12.7. The van der Waals surface area contributed by atoms with Gasteiger partial charge in [0.25, 0.3) is 0 Å². The van der Waals surface area contributed by atoms with Crippen LogP contribution in [-0.2, 0) is 0 Å². The lowest BCUT2D eigenvalue weighted by Crippen LogP contribution is -2.00. The second-order valence-electron chi connectivity index (χ2n) is 4.77. The van der Waals surface area contributed by atoms with Gasteiger partial charge in [-0.25, -0.2) is 9.50 Å². The van der Waals surface area contributed by atoms with Crippen molar-refractivity contribution in [3.05, 3.63) is 28.1 Å². The van der Waals surface area contributed by atoms with Crippen LogP contribution in [0.25, 0.3) is 5.65 Å². The van der Waals surface area contributed by atoms with Gasteiger partial charge in [-0.1, -0.05) is 44.0 Å². The second kappa shape index (κ2) is 4.83. The Hall–Kier alpha value is -0.800. The lowest BCUT2D eigenvalue weighted by molar-refractivity contribution is 0.525. The van der Waals surface area contributed by atoms with E-state index in [2.05, 4.69) is 30.9 Å². The van der Waals surface area contributed by atoms with Gasteiger partial charge in [0.15, 0.2) is 5.65 Å². The van der Waals surface area contributed by atoms with Crippen molar-refractivity contribution in [2.24, 2.45) is 5.92 Å². The third-order valence-corrected chi connectivity index (χ3v) is 3.24. The molecular weight excluding hydrogens is 257 g/mol. The first-order valence-corrected chi connectivity index (χ1v) is 6.44. The molecule has 0 amide bonds. The summed E-state index contributed by atoms with van der Waals surface area (Å²) >= 11 is 12.0. The smallest absolute Gasteiger partial charge is 0.161 e. The van der Waals surface area contributed by atoms with E-state index in [0.717, 1.165) is 17.6 Å². The zero-order chi connectivity index (χ0) is 12.6. The molecule has 17 heavy (non-hydrogen) atoms. The Bertz CT molecular complexity index is 534. The van der Waals surface area contributed by atoms with E-state index in [1.54, 1.807) is 10.6 Å². The van der Waals surface area contributed by atoms with E-state index >= 15 is 0 Å². The molecule has 0 aliphatic carbocycles. The van der Waals surface area contributed by atoms with Crippen molar-refractivity contribution >= 4 is 28.8 Å². The van der Waals surface area contributed by atoms with Crippen LogP contribution in [0.1, 0.15) is 38.7 Å². The lowest BCUT2D eigenvalue weighted by Gasteiger charge is -2.12. The summed E-state index contributed by atoms with van der Waals surface area (Å²) in [5.74, 6) is 1.03. The molecule has 1 unspecified atom stereocenters. The number of hydrogen-bond acceptors (Lipinski definition) is 2. The maximum Gasteiger partial charge on any atom is 0.161 e. The maximum absolute atomic E-state index is 6.06. The van der Waals surface area contributed by atoms with Gasteiger partial charge in [-0.15, -0.1) is 0 Å². The molecule has 2 heterocycles. The van der Waals surface area contributed by atoms with Crippen molar-refractivity contribution < 1.29 is 0 Å². The standard InChI is InChI=1S/C12H15Cl2N3/c1-7(2)4-8(3)9-6-15-17-11(14)5-10(13)16-12(9)17/h5-8H,4H2,1-3H3. The van der Waals surface area contributed by atoms with Crippen molar-refractivity contribution in [1.29, 1.82) is 0 Å². The zero-order valence-corrected chi connectivity index (χ0v) is 11.6. The molecule has 0 fully saturated rings. The van der Waals surface area contributed by atoms with Gasteiger partial charge in [0.05, 0.1) is 6.20 Å². The molecular formula is C12H15Cl2N3. The first-order chi connectivity index (χ1) is 7.99. The van der Waals surface area contributed by atoms with Gasteiger partial charge in [-0.3, -0.25) is 0 Å². The van der Waals surface area contributed by atoms with Gasteiger partial charge >= 0.3 is 0 Å². The van der Waals surface area contributed by atoms with Crippen LogP contribution in [0.5, 0.6) is 0 Å². The largest absolute Gasteiger partial charge is 0.216 e. The summed E-state index contributed by atoms with van der Waals surface area (Å²) in [5, 5.41) is 5.14. The molecule has 0 bridgehead atoms. The quantitative estimate of drug-likeness (QED) is 0.784. The summed E-state index contributed by atoms with van der Waals surface area (Å²) in [7, 11) is 0. The van der Waals surface area contributed by atoms with Crippen LogP contribution in [0.2, 0.25) is 10.3 Å². The van der Waals surface area contributed by atoms with Crippen molar-refractivity contribution in [2.45, 2.75) is 33.1 Å². The van der Waals surface area contributed by atoms with Crippen molar-refractivity contribution in [3.8, 4) is 0 Å². The van der Waals surface area contributed by atoms with Crippen molar-refractivity contribution in [1.82, 2.24) is 14.6 Å². The number of nitrogens with zero attached hydrogens (tertiary/aromatic N) is 3. The summed E-state index contributed by atoms with van der Waals surface area (Å²) in [6, 6.07) is 1.60. The molecule has 0 aliphatic rings. The molecule has 0 aliphatic heterocycles. The molecule has 0 spiro atoms. The molecule has 0 radical (unpaired) electrons. The summed E-state index contributed by atoms with van der Waals surface area (Å²) in [6.07, 6.45) is 2.92. The van der Waals surface area contributed by atoms with E-state index in [-0.39, 0.29) is 0 Å². The molecule has 2 aromatic rings. The molecule has 0 saturated heterocycles. The highest BCUT2D eigenvalue weighted by Gasteiger charge is 2.16. The normalized spacial score (nSPS) is 13.5. The molecule has 5 heteroatoms. The lowest BCUT2D eigenvalue weighted by atomic mass is 9.94. The van der Waals surface area contributed by atoms with Crippen molar-refractivity contribution in [3.63, 3.8) is 0 Å². The molecule has 2 aromatic heterocycles. The van der Waals surface area contributed by atoms with E-state index in [0.29, 0.717) is 22.1 Å². The molecule has 2 rings (SSSR count). The van der Waals surface area contributed by atoms with E-state index in [9.17, 15) is 0 Å². The minimum absolute atomic E-state index is 0.398. The van der Waals surface area contributed by atoms with Gasteiger partial charge in [0.2, 0.25) is 0 Å². The summed E-state index contributed by atoms with van der Waals surface area (Å²) in [5.41, 5.74) is 1.86. The van der Waals surface area contributed by atoms with E-state index < -0.39 is 0 Å². The van der Waals surface area contributed by atoms with E-state index in [4.69, 9.17) is 23.2 Å². The summed E-state index contributed by atoms with van der Waals surface area (Å²) < 4.78 is 1.62. The van der Waals surface area contributed by atoms with Crippen LogP contribution in [-0.4, -0.2) is 14.6 Å². The highest BCUT2D eigenvalue weighted by atomic mass is 35.5. The van der Waals surface area contributed by atoms with Crippen LogP contribution in [0.4, 0.5) is 0 Å². The molecule has 0 N–H and O–H groups in total. The van der Waals surface area contributed by atoms with Gasteiger partial charge in [-0.2, -0.15) is 5.10 Å². The Morgan fingerprint density at radius 2 is 2.00 bits per heavy atom. The topological polar surface area (TPSA) is 30.2 Å². The number of rotatable bonds is 3. The number of hydrogen-bond donors (Lipinski definition) is 0. The number of halogens is 2. The highest BCUT2D eigenvalue weighted by molar-refractivity contribution is 6.33. The SMILES string of the molecule is CC(C)CC(C)c1cnn2c(Cl)cc(Cl)nc12. The van der Waals surface area contributed by atoms with Crippen LogP contribution in [0, 0.1) is 5.92 Å². The Morgan fingerprint density at radius 3 is 2.65 bits per heavy atom. The molecule has 92 valence electrons. The molecule has 0 saturated carbocycles. The first-order valence-electron chi connectivity index (χ1n) is 5.68. The van der Waals surface area contributed by atoms with Crippen molar-refractivity contribution in [2.75, 3.05) is 0 Å². The average Bonchev–Trinajstić information content (AvgIpc) is 2.59. The van der Waals surface area contributed by atoms with Crippen LogP contribution in [0.15, 0.2) is 12.3 Å². The fraction of sp³-hybridized carbons (Fsp3) is 0.500.